The Bertz CT molecular complexity index is 457. The Hall–Kier alpha value is -1.64. The zero-order valence-corrected chi connectivity index (χ0v) is 11.8. The van der Waals surface area contributed by atoms with Crippen LogP contribution >= 0.6 is 0 Å². The van der Waals surface area contributed by atoms with Crippen molar-refractivity contribution in [3.63, 3.8) is 0 Å². The highest BCUT2D eigenvalue weighted by molar-refractivity contribution is 5.42. The summed E-state index contributed by atoms with van der Waals surface area (Å²) in [5, 5.41) is 21.4. The Balaban J connectivity index is 1.71. The molecule has 0 unspecified atom stereocenters. The van der Waals surface area contributed by atoms with E-state index < -0.39 is 0 Å². The molecule has 5 heteroatoms. The molecule has 1 aromatic heterocycles. The van der Waals surface area contributed by atoms with Crippen LogP contribution in [-0.2, 0) is 0 Å². The van der Waals surface area contributed by atoms with Gasteiger partial charge in [0.15, 0.2) is 0 Å². The van der Waals surface area contributed by atoms with Gasteiger partial charge in [-0.2, -0.15) is 5.26 Å². The maximum absolute atomic E-state index is 9.36. The molecule has 0 aliphatic carbocycles. The fourth-order valence-electron chi connectivity index (χ4n) is 2.66. The summed E-state index contributed by atoms with van der Waals surface area (Å²) < 4.78 is 0. The predicted molar refractivity (Wildman–Crippen MR) is 78.4 cm³/mol. The summed E-state index contributed by atoms with van der Waals surface area (Å²) in [5.74, 6) is 0.751. The van der Waals surface area contributed by atoms with Crippen LogP contribution in [0.3, 0.4) is 0 Å². The standard InChI is InChI=1S/C15H22N4O/c16-11-13-5-7-18-15(10-13)17-6-3-9-19-8-2-1-4-14(19)12-20/h5,7,10,14,20H,1-4,6,8-9,12H2,(H,17,18)/t14-/m0/s1. The third-order valence-corrected chi connectivity index (χ3v) is 3.78. The molecule has 1 aromatic rings. The predicted octanol–water partition coefficient (Wildman–Crippen LogP) is 1.60. The van der Waals surface area contributed by atoms with Crippen LogP contribution < -0.4 is 5.32 Å². The molecule has 1 atom stereocenters. The van der Waals surface area contributed by atoms with Crippen molar-refractivity contribution in [2.45, 2.75) is 31.7 Å². The van der Waals surface area contributed by atoms with E-state index in [1.807, 2.05) is 0 Å². The SMILES string of the molecule is N#Cc1ccnc(NCCCN2CCCC[C@H]2CO)c1. The van der Waals surface area contributed by atoms with Gasteiger partial charge in [0.1, 0.15) is 5.82 Å². The van der Waals surface area contributed by atoms with E-state index in [9.17, 15) is 5.11 Å². The summed E-state index contributed by atoms with van der Waals surface area (Å²) in [4.78, 5) is 6.57. The second kappa shape index (κ2) is 7.83. The van der Waals surface area contributed by atoms with Crippen LogP contribution in [0.25, 0.3) is 0 Å². The average molecular weight is 274 g/mol. The molecule has 5 nitrogen and oxygen atoms in total. The summed E-state index contributed by atoms with van der Waals surface area (Å²) in [6.07, 6.45) is 6.22. The number of hydrogen-bond donors (Lipinski definition) is 2. The second-order valence-electron chi connectivity index (χ2n) is 5.19. The van der Waals surface area contributed by atoms with Crippen LogP contribution in [0.2, 0.25) is 0 Å². The Labute approximate surface area is 120 Å². The number of anilines is 1. The highest BCUT2D eigenvalue weighted by Crippen LogP contribution is 2.16. The van der Waals surface area contributed by atoms with Gasteiger partial charge in [-0.3, -0.25) is 4.90 Å². The number of aliphatic hydroxyl groups is 1. The Kier molecular flexibility index (Phi) is 5.78. The molecule has 2 N–H and O–H groups in total. The molecule has 20 heavy (non-hydrogen) atoms. The fourth-order valence-corrected chi connectivity index (χ4v) is 2.66. The highest BCUT2D eigenvalue weighted by atomic mass is 16.3. The zero-order valence-electron chi connectivity index (χ0n) is 11.8. The van der Waals surface area contributed by atoms with Crippen molar-refractivity contribution in [3.05, 3.63) is 23.9 Å². The molecule has 0 saturated carbocycles. The number of pyridine rings is 1. The van der Waals surface area contributed by atoms with Gasteiger partial charge in [0.05, 0.1) is 18.2 Å². The molecule has 1 aliphatic rings. The first-order valence-electron chi connectivity index (χ1n) is 7.28. The second-order valence-corrected chi connectivity index (χ2v) is 5.19. The van der Waals surface area contributed by atoms with Crippen LogP contribution in [0.5, 0.6) is 0 Å². The maximum Gasteiger partial charge on any atom is 0.127 e. The quantitative estimate of drug-likeness (QED) is 0.771. The van der Waals surface area contributed by atoms with Crippen molar-refractivity contribution in [1.82, 2.24) is 9.88 Å². The summed E-state index contributed by atoms with van der Waals surface area (Å²) in [6.45, 7) is 3.18. The van der Waals surface area contributed by atoms with Crippen LogP contribution in [0.4, 0.5) is 5.82 Å². The van der Waals surface area contributed by atoms with Crippen LogP contribution in [-0.4, -0.2) is 47.3 Å². The van der Waals surface area contributed by atoms with Crippen molar-refractivity contribution in [1.29, 1.82) is 5.26 Å². The number of hydrogen-bond acceptors (Lipinski definition) is 5. The number of aliphatic hydroxyl groups excluding tert-OH is 1. The van der Waals surface area contributed by atoms with Gasteiger partial charge in [-0.05, 0) is 37.9 Å². The highest BCUT2D eigenvalue weighted by Gasteiger charge is 2.20. The van der Waals surface area contributed by atoms with Gasteiger partial charge in [0.2, 0.25) is 0 Å². The zero-order chi connectivity index (χ0) is 14.2. The van der Waals surface area contributed by atoms with Gasteiger partial charge in [0, 0.05) is 25.3 Å². The lowest BCUT2D eigenvalue weighted by atomic mass is 10.0. The van der Waals surface area contributed by atoms with Gasteiger partial charge >= 0.3 is 0 Å². The summed E-state index contributed by atoms with van der Waals surface area (Å²) >= 11 is 0. The normalized spacial score (nSPS) is 19.5. The topological polar surface area (TPSA) is 72.2 Å². The molecule has 0 amide bonds. The molecule has 108 valence electrons. The van der Waals surface area contributed by atoms with E-state index in [1.54, 1.807) is 18.3 Å². The molecule has 0 aromatic carbocycles. The Morgan fingerprint density at radius 3 is 3.20 bits per heavy atom. The molecule has 0 spiro atoms. The molecule has 1 saturated heterocycles. The van der Waals surface area contributed by atoms with E-state index >= 15 is 0 Å². The first-order valence-corrected chi connectivity index (χ1v) is 7.28. The maximum atomic E-state index is 9.36. The molecule has 1 fully saturated rings. The third kappa shape index (κ3) is 4.19. The van der Waals surface area contributed by atoms with Crippen molar-refractivity contribution in [2.24, 2.45) is 0 Å². The number of rotatable bonds is 6. The first-order chi connectivity index (χ1) is 9.83. The van der Waals surface area contributed by atoms with Gasteiger partial charge in [0.25, 0.3) is 0 Å². The first kappa shape index (κ1) is 14.8. The van der Waals surface area contributed by atoms with Gasteiger partial charge in [-0.15, -0.1) is 0 Å². The molecule has 1 aliphatic heterocycles. The lowest BCUT2D eigenvalue weighted by Crippen LogP contribution is -2.42. The van der Waals surface area contributed by atoms with Crippen molar-refractivity contribution < 1.29 is 5.11 Å². The summed E-state index contributed by atoms with van der Waals surface area (Å²) in [6, 6.07) is 5.90. The Morgan fingerprint density at radius 2 is 2.40 bits per heavy atom. The minimum absolute atomic E-state index is 0.263. The van der Waals surface area contributed by atoms with E-state index in [4.69, 9.17) is 5.26 Å². The van der Waals surface area contributed by atoms with Gasteiger partial charge < -0.3 is 10.4 Å². The van der Waals surface area contributed by atoms with Crippen molar-refractivity contribution >= 4 is 5.82 Å². The van der Waals surface area contributed by atoms with Gasteiger partial charge in [-0.25, -0.2) is 4.98 Å². The number of likely N-dealkylation sites (tertiary alicyclic amines) is 1. The smallest absolute Gasteiger partial charge is 0.127 e. The van der Waals surface area contributed by atoms with Crippen molar-refractivity contribution in [2.75, 3.05) is 31.6 Å². The van der Waals surface area contributed by atoms with E-state index in [1.165, 1.54) is 12.8 Å². The minimum Gasteiger partial charge on any atom is -0.395 e. The molecular formula is C15H22N4O. The third-order valence-electron chi connectivity index (χ3n) is 3.78. The summed E-state index contributed by atoms with van der Waals surface area (Å²) in [7, 11) is 0. The number of piperidine rings is 1. The van der Waals surface area contributed by atoms with E-state index in [0.717, 1.165) is 38.3 Å². The van der Waals surface area contributed by atoms with E-state index in [0.29, 0.717) is 11.6 Å². The minimum atomic E-state index is 0.263. The monoisotopic (exact) mass is 274 g/mol. The summed E-state index contributed by atoms with van der Waals surface area (Å²) in [5.41, 5.74) is 0.624. The number of aromatic nitrogens is 1. The van der Waals surface area contributed by atoms with Crippen LogP contribution in [0.1, 0.15) is 31.2 Å². The number of nitrogens with one attached hydrogen (secondary N) is 1. The van der Waals surface area contributed by atoms with E-state index in [2.05, 4.69) is 21.3 Å². The number of nitriles is 1. The molecule has 2 heterocycles. The molecule has 2 rings (SSSR count). The average Bonchev–Trinajstić information content (AvgIpc) is 2.52. The lowest BCUT2D eigenvalue weighted by Gasteiger charge is -2.34. The van der Waals surface area contributed by atoms with Crippen LogP contribution in [0, 0.1) is 11.3 Å². The molecular weight excluding hydrogens is 252 g/mol. The molecule has 0 radical (unpaired) electrons. The van der Waals surface area contributed by atoms with E-state index in [-0.39, 0.29) is 6.61 Å². The van der Waals surface area contributed by atoms with Crippen molar-refractivity contribution in [3.8, 4) is 6.07 Å². The Morgan fingerprint density at radius 1 is 1.50 bits per heavy atom. The molecule has 0 bridgehead atoms. The fraction of sp³-hybridized carbons (Fsp3) is 0.600. The van der Waals surface area contributed by atoms with Crippen LogP contribution in [0.15, 0.2) is 18.3 Å². The lowest BCUT2D eigenvalue weighted by molar-refractivity contribution is 0.0901. The van der Waals surface area contributed by atoms with Gasteiger partial charge in [-0.1, -0.05) is 6.42 Å². The largest absolute Gasteiger partial charge is 0.395 e. The number of nitrogens with zero attached hydrogens (tertiary/aromatic N) is 3.